The average molecular weight is 241 g/mol. The maximum atomic E-state index is 11.6. The van der Waals surface area contributed by atoms with Crippen molar-refractivity contribution in [3.05, 3.63) is 35.4 Å². The molecule has 1 aromatic rings. The highest BCUT2D eigenvalue weighted by Crippen LogP contribution is 2.10. The summed E-state index contributed by atoms with van der Waals surface area (Å²) in [7, 11) is 0. The zero-order valence-electron chi connectivity index (χ0n) is 8.78. The van der Waals surface area contributed by atoms with Crippen LogP contribution in [0.2, 0.25) is 0 Å². The topological polar surface area (TPSA) is 54.4 Å². The SMILES string of the molecule is O=C(O)Cc1cccc(C(=O)CCCCl)c1. The molecule has 3 nitrogen and oxygen atoms in total. The molecule has 0 heterocycles. The third-order valence-electron chi connectivity index (χ3n) is 2.14. The third kappa shape index (κ3) is 4.03. The van der Waals surface area contributed by atoms with Gasteiger partial charge in [0.25, 0.3) is 0 Å². The largest absolute Gasteiger partial charge is 0.481 e. The predicted molar refractivity (Wildman–Crippen MR) is 62.1 cm³/mol. The first kappa shape index (κ1) is 12.7. The van der Waals surface area contributed by atoms with E-state index in [1.165, 1.54) is 0 Å². The van der Waals surface area contributed by atoms with Crippen molar-refractivity contribution < 1.29 is 14.7 Å². The lowest BCUT2D eigenvalue weighted by atomic mass is 10.0. The van der Waals surface area contributed by atoms with E-state index in [-0.39, 0.29) is 12.2 Å². The number of carboxylic acids is 1. The van der Waals surface area contributed by atoms with E-state index in [1.54, 1.807) is 24.3 Å². The van der Waals surface area contributed by atoms with Crippen molar-refractivity contribution in [1.29, 1.82) is 0 Å². The number of hydrogen-bond donors (Lipinski definition) is 1. The average Bonchev–Trinajstić information content (AvgIpc) is 2.25. The fourth-order valence-electron chi connectivity index (χ4n) is 1.40. The Morgan fingerprint density at radius 3 is 2.69 bits per heavy atom. The molecule has 0 radical (unpaired) electrons. The van der Waals surface area contributed by atoms with Crippen LogP contribution in [-0.2, 0) is 11.2 Å². The summed E-state index contributed by atoms with van der Waals surface area (Å²) in [6.07, 6.45) is 0.986. The van der Waals surface area contributed by atoms with Crippen molar-refractivity contribution in [2.45, 2.75) is 19.3 Å². The van der Waals surface area contributed by atoms with Crippen LogP contribution in [0.15, 0.2) is 24.3 Å². The van der Waals surface area contributed by atoms with Crippen molar-refractivity contribution >= 4 is 23.4 Å². The highest BCUT2D eigenvalue weighted by Gasteiger charge is 2.07. The van der Waals surface area contributed by atoms with Gasteiger partial charge in [0.1, 0.15) is 0 Å². The number of hydrogen-bond acceptors (Lipinski definition) is 2. The Kier molecular flexibility index (Phi) is 4.99. The minimum Gasteiger partial charge on any atom is -0.481 e. The summed E-state index contributed by atoms with van der Waals surface area (Å²) in [4.78, 5) is 22.2. The second-order valence-corrected chi connectivity index (χ2v) is 3.86. The van der Waals surface area contributed by atoms with E-state index in [0.717, 1.165) is 0 Å². The Balaban J connectivity index is 2.73. The van der Waals surface area contributed by atoms with Crippen LogP contribution in [0.4, 0.5) is 0 Å². The summed E-state index contributed by atoms with van der Waals surface area (Å²) in [6.45, 7) is 0. The van der Waals surface area contributed by atoms with Crippen molar-refractivity contribution in [3.63, 3.8) is 0 Å². The van der Waals surface area contributed by atoms with Crippen LogP contribution in [0.5, 0.6) is 0 Å². The number of carboxylic acid groups (broad SMARTS) is 1. The molecule has 1 aromatic carbocycles. The summed E-state index contributed by atoms with van der Waals surface area (Å²) in [6, 6.07) is 6.73. The molecule has 0 amide bonds. The zero-order valence-corrected chi connectivity index (χ0v) is 9.54. The van der Waals surface area contributed by atoms with Gasteiger partial charge in [-0.2, -0.15) is 0 Å². The smallest absolute Gasteiger partial charge is 0.307 e. The molecule has 0 atom stereocenters. The number of benzene rings is 1. The van der Waals surface area contributed by atoms with Gasteiger partial charge in [0.2, 0.25) is 0 Å². The molecule has 0 aromatic heterocycles. The Labute approximate surface area is 99.0 Å². The van der Waals surface area contributed by atoms with Crippen LogP contribution in [0.1, 0.15) is 28.8 Å². The van der Waals surface area contributed by atoms with E-state index in [1.807, 2.05) is 0 Å². The van der Waals surface area contributed by atoms with Crippen LogP contribution >= 0.6 is 11.6 Å². The van der Waals surface area contributed by atoms with Gasteiger partial charge in [0.05, 0.1) is 6.42 Å². The molecule has 0 spiro atoms. The minimum atomic E-state index is -0.898. The Morgan fingerprint density at radius 2 is 2.06 bits per heavy atom. The molecule has 1 N–H and O–H groups in total. The van der Waals surface area contributed by atoms with Gasteiger partial charge in [-0.05, 0) is 18.1 Å². The van der Waals surface area contributed by atoms with E-state index >= 15 is 0 Å². The molecule has 0 unspecified atom stereocenters. The molecule has 86 valence electrons. The van der Waals surface area contributed by atoms with E-state index in [4.69, 9.17) is 16.7 Å². The molecular formula is C12H13ClO3. The van der Waals surface area contributed by atoms with Gasteiger partial charge < -0.3 is 5.11 Å². The number of rotatable bonds is 6. The maximum Gasteiger partial charge on any atom is 0.307 e. The normalized spacial score (nSPS) is 10.1. The third-order valence-corrected chi connectivity index (χ3v) is 2.41. The maximum absolute atomic E-state index is 11.6. The van der Waals surface area contributed by atoms with Crippen molar-refractivity contribution in [2.24, 2.45) is 0 Å². The van der Waals surface area contributed by atoms with Gasteiger partial charge in [0, 0.05) is 17.9 Å². The number of halogens is 1. The molecule has 16 heavy (non-hydrogen) atoms. The van der Waals surface area contributed by atoms with E-state index < -0.39 is 5.97 Å². The van der Waals surface area contributed by atoms with Gasteiger partial charge in [-0.25, -0.2) is 0 Å². The van der Waals surface area contributed by atoms with Gasteiger partial charge in [-0.3, -0.25) is 9.59 Å². The summed E-state index contributed by atoms with van der Waals surface area (Å²) in [5.74, 6) is -0.432. The van der Waals surface area contributed by atoms with E-state index in [2.05, 4.69) is 0 Å². The van der Waals surface area contributed by atoms with Crippen molar-refractivity contribution in [1.82, 2.24) is 0 Å². The first-order valence-corrected chi connectivity index (χ1v) is 5.57. The van der Waals surface area contributed by atoms with Crippen molar-refractivity contribution in [3.8, 4) is 0 Å². The number of carbonyl (C=O) groups excluding carboxylic acids is 1. The Morgan fingerprint density at radius 1 is 1.31 bits per heavy atom. The monoisotopic (exact) mass is 240 g/mol. The van der Waals surface area contributed by atoms with Gasteiger partial charge in [-0.1, -0.05) is 18.2 Å². The number of Topliss-reactive ketones (excluding diaryl/α,β-unsaturated/α-hetero) is 1. The number of carbonyl (C=O) groups is 2. The van der Waals surface area contributed by atoms with Crippen LogP contribution < -0.4 is 0 Å². The number of alkyl halides is 1. The summed E-state index contributed by atoms with van der Waals surface area (Å²) in [5.41, 5.74) is 1.20. The molecule has 4 heteroatoms. The highest BCUT2D eigenvalue weighted by atomic mass is 35.5. The molecule has 0 fully saturated rings. The molecule has 0 saturated heterocycles. The van der Waals surface area contributed by atoms with Crippen LogP contribution in [0.25, 0.3) is 0 Å². The van der Waals surface area contributed by atoms with Crippen molar-refractivity contribution in [2.75, 3.05) is 5.88 Å². The first-order valence-electron chi connectivity index (χ1n) is 5.03. The van der Waals surface area contributed by atoms with Crippen LogP contribution in [0.3, 0.4) is 0 Å². The fraction of sp³-hybridized carbons (Fsp3) is 0.333. The van der Waals surface area contributed by atoms with E-state index in [0.29, 0.717) is 29.8 Å². The second-order valence-electron chi connectivity index (χ2n) is 3.49. The molecule has 0 saturated carbocycles. The molecule has 1 rings (SSSR count). The summed E-state index contributed by atoms with van der Waals surface area (Å²) >= 11 is 5.50. The van der Waals surface area contributed by atoms with E-state index in [9.17, 15) is 9.59 Å². The predicted octanol–water partition coefficient (Wildman–Crippen LogP) is 2.52. The molecule has 0 bridgehead atoms. The quantitative estimate of drug-likeness (QED) is 0.614. The minimum absolute atomic E-state index is 0.00730. The highest BCUT2D eigenvalue weighted by molar-refractivity contribution is 6.18. The Bertz CT molecular complexity index is 388. The van der Waals surface area contributed by atoms with Gasteiger partial charge in [0.15, 0.2) is 5.78 Å². The zero-order chi connectivity index (χ0) is 12.0. The lowest BCUT2D eigenvalue weighted by molar-refractivity contribution is -0.136. The summed E-state index contributed by atoms with van der Waals surface area (Å²) < 4.78 is 0. The first-order chi connectivity index (χ1) is 7.63. The lowest BCUT2D eigenvalue weighted by Crippen LogP contribution is -2.03. The summed E-state index contributed by atoms with van der Waals surface area (Å²) in [5, 5.41) is 8.64. The molecule has 0 aliphatic rings. The number of ketones is 1. The Hall–Kier alpha value is -1.35. The van der Waals surface area contributed by atoms with Gasteiger partial charge >= 0.3 is 5.97 Å². The fourth-order valence-corrected chi connectivity index (χ4v) is 1.53. The van der Waals surface area contributed by atoms with Crippen LogP contribution in [0, 0.1) is 0 Å². The lowest BCUT2D eigenvalue weighted by Gasteiger charge is -2.02. The molecular weight excluding hydrogens is 228 g/mol. The standard InChI is InChI=1S/C12H13ClO3/c13-6-2-5-11(14)10-4-1-3-9(7-10)8-12(15)16/h1,3-4,7H,2,5-6,8H2,(H,15,16). The van der Waals surface area contributed by atoms with Gasteiger partial charge in [-0.15, -0.1) is 11.6 Å². The second kappa shape index (κ2) is 6.28. The molecule has 0 aliphatic heterocycles. The van der Waals surface area contributed by atoms with Crippen LogP contribution in [-0.4, -0.2) is 22.7 Å². The number of aliphatic carboxylic acids is 1. The molecule has 0 aliphatic carbocycles.